The Kier molecular flexibility index (Phi) is 8.30. The number of amides is 2. The molecular formula is C27H22Cl2N2O4S3. The van der Waals surface area contributed by atoms with Gasteiger partial charge in [0.15, 0.2) is 15.8 Å². The maximum absolute atomic E-state index is 13.1. The number of aryl methyl sites for hydroxylation is 1. The molecule has 1 aliphatic heterocycles. The summed E-state index contributed by atoms with van der Waals surface area (Å²) in [6, 6.07) is 10.6. The van der Waals surface area contributed by atoms with Crippen molar-refractivity contribution in [2.24, 2.45) is 0 Å². The van der Waals surface area contributed by atoms with E-state index in [2.05, 4.69) is 5.43 Å². The molecule has 1 N–H and O–H groups in total. The Morgan fingerprint density at radius 2 is 1.97 bits per heavy atom. The van der Waals surface area contributed by atoms with Crippen molar-refractivity contribution in [1.29, 1.82) is 0 Å². The molecule has 0 atom stereocenters. The molecule has 2 amide bonds. The van der Waals surface area contributed by atoms with E-state index in [0.717, 1.165) is 59.1 Å². The Morgan fingerprint density at radius 3 is 2.76 bits per heavy atom. The molecule has 3 aromatic rings. The number of rotatable bonds is 7. The molecule has 1 aliphatic carbocycles. The first kappa shape index (κ1) is 27.0. The van der Waals surface area contributed by atoms with Gasteiger partial charge in [0.05, 0.1) is 17.6 Å². The van der Waals surface area contributed by atoms with Crippen molar-refractivity contribution in [3.63, 3.8) is 0 Å². The molecule has 2 aromatic carbocycles. The maximum Gasteiger partial charge on any atom is 0.285 e. The van der Waals surface area contributed by atoms with Crippen molar-refractivity contribution in [1.82, 2.24) is 10.4 Å². The molecular weight excluding hydrogens is 583 g/mol. The number of thiophene rings is 1. The van der Waals surface area contributed by atoms with Gasteiger partial charge in [0.2, 0.25) is 0 Å². The molecule has 0 saturated carbocycles. The number of benzene rings is 2. The molecule has 11 heteroatoms. The summed E-state index contributed by atoms with van der Waals surface area (Å²) in [6.07, 6.45) is 5.80. The van der Waals surface area contributed by atoms with Crippen LogP contribution in [0.25, 0.3) is 6.08 Å². The van der Waals surface area contributed by atoms with Gasteiger partial charge in [-0.1, -0.05) is 47.1 Å². The highest BCUT2D eigenvalue weighted by molar-refractivity contribution is 8.26. The number of carbonyl (C=O) groups excluding carboxylic acids is 2. The van der Waals surface area contributed by atoms with Gasteiger partial charge in [-0.2, -0.15) is 5.01 Å². The highest BCUT2D eigenvalue weighted by Gasteiger charge is 2.34. The van der Waals surface area contributed by atoms with Crippen molar-refractivity contribution in [2.75, 3.05) is 7.11 Å². The largest absolute Gasteiger partial charge is 0.493 e. The zero-order chi connectivity index (χ0) is 26.8. The topological polar surface area (TPSA) is 67.9 Å². The number of methoxy groups -OCH3 is 1. The second-order valence-electron chi connectivity index (χ2n) is 8.65. The quantitative estimate of drug-likeness (QED) is 0.230. The summed E-state index contributed by atoms with van der Waals surface area (Å²) in [6.45, 7) is 0.234. The van der Waals surface area contributed by atoms with E-state index < -0.39 is 0 Å². The molecule has 2 heterocycles. The van der Waals surface area contributed by atoms with E-state index in [1.807, 2.05) is 11.4 Å². The number of halogens is 2. The molecule has 1 aromatic heterocycles. The van der Waals surface area contributed by atoms with E-state index in [1.54, 1.807) is 54.9 Å². The number of thiocarbonyl (C=S) groups is 1. The standard InChI is InChI=1S/C27H22Cl2N2O4S3/c1-34-22-10-15(6-9-21(22)35-13-16-7-8-17(28)12-20(16)29)11-24-26(33)31(27(36)38-24)30-25(32)19-14-37-23-5-3-2-4-18(19)23/h6-12,14H,2-5,13H2,1H3,(H,30,32)/b24-11-. The van der Waals surface area contributed by atoms with Gasteiger partial charge < -0.3 is 9.47 Å². The van der Waals surface area contributed by atoms with Crippen LogP contribution in [0.15, 0.2) is 46.7 Å². The van der Waals surface area contributed by atoms with Crippen molar-refractivity contribution in [3.05, 3.63) is 83.9 Å². The Bertz CT molecular complexity index is 1470. The van der Waals surface area contributed by atoms with Crippen LogP contribution < -0.4 is 14.9 Å². The van der Waals surface area contributed by atoms with E-state index in [-0.39, 0.29) is 22.7 Å². The first-order chi connectivity index (χ1) is 18.3. The van der Waals surface area contributed by atoms with Crippen LogP contribution in [0.2, 0.25) is 10.0 Å². The molecule has 196 valence electrons. The summed E-state index contributed by atoms with van der Waals surface area (Å²) in [4.78, 5) is 27.7. The zero-order valence-electron chi connectivity index (χ0n) is 20.2. The Hall–Kier alpha value is -2.56. The summed E-state index contributed by atoms with van der Waals surface area (Å²) >= 11 is 20.3. The molecule has 0 radical (unpaired) electrons. The Morgan fingerprint density at radius 1 is 1.16 bits per heavy atom. The molecule has 5 rings (SSSR count). The summed E-state index contributed by atoms with van der Waals surface area (Å²) < 4.78 is 11.7. The minimum absolute atomic E-state index is 0.234. The highest BCUT2D eigenvalue weighted by Crippen LogP contribution is 2.35. The average Bonchev–Trinajstić information content (AvgIpc) is 3.45. The van der Waals surface area contributed by atoms with Crippen LogP contribution >= 0.6 is 58.5 Å². The predicted molar refractivity (Wildman–Crippen MR) is 157 cm³/mol. The number of fused-ring (bicyclic) bond motifs is 1. The molecule has 0 unspecified atom stereocenters. The van der Waals surface area contributed by atoms with E-state index >= 15 is 0 Å². The van der Waals surface area contributed by atoms with Gasteiger partial charge in [-0.3, -0.25) is 15.0 Å². The normalized spacial score (nSPS) is 16.1. The molecule has 6 nitrogen and oxygen atoms in total. The summed E-state index contributed by atoms with van der Waals surface area (Å²) in [7, 11) is 1.54. The number of ether oxygens (including phenoxy) is 2. The average molecular weight is 606 g/mol. The van der Waals surface area contributed by atoms with Crippen LogP contribution in [0.5, 0.6) is 11.5 Å². The summed E-state index contributed by atoms with van der Waals surface area (Å²) in [5, 5.41) is 4.08. The van der Waals surface area contributed by atoms with Gasteiger partial charge in [0.1, 0.15) is 6.61 Å². The zero-order valence-corrected chi connectivity index (χ0v) is 24.2. The van der Waals surface area contributed by atoms with Crippen molar-refractivity contribution >= 4 is 80.7 Å². The molecule has 1 fully saturated rings. The number of hydrogen-bond acceptors (Lipinski definition) is 7. The van der Waals surface area contributed by atoms with Crippen LogP contribution in [-0.4, -0.2) is 28.3 Å². The van der Waals surface area contributed by atoms with Gasteiger partial charge in [-0.15, -0.1) is 11.3 Å². The third kappa shape index (κ3) is 5.72. The van der Waals surface area contributed by atoms with Crippen LogP contribution in [-0.2, 0) is 24.2 Å². The first-order valence-corrected chi connectivity index (χ1v) is 14.6. The third-order valence-electron chi connectivity index (χ3n) is 6.20. The fourth-order valence-corrected chi connectivity index (χ4v) is 7.02. The van der Waals surface area contributed by atoms with Crippen molar-refractivity contribution in [2.45, 2.75) is 32.3 Å². The van der Waals surface area contributed by atoms with Gasteiger partial charge in [0, 0.05) is 25.9 Å². The molecule has 38 heavy (non-hydrogen) atoms. The molecule has 2 aliphatic rings. The van der Waals surface area contributed by atoms with Gasteiger partial charge in [-0.05, 0) is 79.4 Å². The number of hydrogen-bond donors (Lipinski definition) is 1. The van der Waals surface area contributed by atoms with Gasteiger partial charge in [-0.25, -0.2) is 0 Å². The van der Waals surface area contributed by atoms with Crippen molar-refractivity contribution in [3.8, 4) is 11.5 Å². The maximum atomic E-state index is 13.1. The number of nitrogens with one attached hydrogen (secondary N) is 1. The second kappa shape index (κ2) is 11.7. The van der Waals surface area contributed by atoms with E-state index in [0.29, 0.717) is 32.0 Å². The summed E-state index contributed by atoms with van der Waals surface area (Å²) in [5.74, 6) is 0.324. The van der Waals surface area contributed by atoms with Crippen molar-refractivity contribution < 1.29 is 19.1 Å². The van der Waals surface area contributed by atoms with Crippen LogP contribution in [0.3, 0.4) is 0 Å². The number of nitrogens with zero attached hydrogens (tertiary/aromatic N) is 1. The molecule has 1 saturated heterocycles. The SMILES string of the molecule is COc1cc(/C=C2\SC(=S)N(NC(=O)c3csc4c3CCCC4)C2=O)ccc1OCc1ccc(Cl)cc1Cl. The van der Waals surface area contributed by atoms with Crippen LogP contribution in [0, 0.1) is 0 Å². The molecule has 0 spiro atoms. The van der Waals surface area contributed by atoms with Crippen LogP contribution in [0.1, 0.15) is 44.8 Å². The lowest BCUT2D eigenvalue weighted by molar-refractivity contribution is -0.123. The lowest BCUT2D eigenvalue weighted by Crippen LogP contribution is -2.45. The smallest absolute Gasteiger partial charge is 0.285 e. The van der Waals surface area contributed by atoms with E-state index in [9.17, 15) is 9.59 Å². The Balaban J connectivity index is 1.28. The van der Waals surface area contributed by atoms with E-state index in [1.165, 1.54) is 4.88 Å². The number of hydrazine groups is 1. The first-order valence-electron chi connectivity index (χ1n) is 11.8. The number of thioether (sulfide) groups is 1. The monoisotopic (exact) mass is 604 g/mol. The lowest BCUT2D eigenvalue weighted by atomic mass is 9.96. The fourth-order valence-electron chi connectivity index (χ4n) is 4.25. The van der Waals surface area contributed by atoms with Crippen LogP contribution in [0.4, 0.5) is 0 Å². The third-order valence-corrected chi connectivity index (χ3v) is 9.17. The minimum Gasteiger partial charge on any atom is -0.493 e. The number of carbonyl (C=O) groups is 2. The van der Waals surface area contributed by atoms with E-state index in [4.69, 9.17) is 44.9 Å². The second-order valence-corrected chi connectivity index (χ2v) is 12.1. The summed E-state index contributed by atoms with van der Waals surface area (Å²) in [5.41, 5.74) is 5.93. The fraction of sp³-hybridized carbons (Fsp3) is 0.222. The Labute approximate surface area is 243 Å². The highest BCUT2D eigenvalue weighted by atomic mass is 35.5. The van der Waals surface area contributed by atoms with Gasteiger partial charge >= 0.3 is 0 Å². The lowest BCUT2D eigenvalue weighted by Gasteiger charge is -2.17. The molecule has 0 bridgehead atoms. The minimum atomic E-state index is -0.380. The van der Waals surface area contributed by atoms with Gasteiger partial charge in [0.25, 0.3) is 11.8 Å². The predicted octanol–water partition coefficient (Wildman–Crippen LogP) is 7.07.